The summed E-state index contributed by atoms with van der Waals surface area (Å²) in [6.45, 7) is 9.07. The third-order valence-corrected chi connectivity index (χ3v) is 2.21. The monoisotopic (exact) mass is 154 g/mol. The summed E-state index contributed by atoms with van der Waals surface area (Å²) >= 11 is 0. The summed E-state index contributed by atoms with van der Waals surface area (Å²) < 4.78 is 0. The van der Waals surface area contributed by atoms with E-state index in [9.17, 15) is 0 Å². The van der Waals surface area contributed by atoms with Crippen LogP contribution in [0, 0.1) is 0 Å². The Morgan fingerprint density at radius 1 is 0.909 bits per heavy atom. The van der Waals surface area contributed by atoms with Gasteiger partial charge < -0.3 is 0 Å². The Kier molecular flexibility index (Phi) is 6.30. The Morgan fingerprint density at radius 3 is 1.82 bits per heavy atom. The van der Waals surface area contributed by atoms with E-state index < -0.39 is 0 Å². The maximum absolute atomic E-state index is 2.29. The van der Waals surface area contributed by atoms with Crippen LogP contribution in [0.15, 0.2) is 11.1 Å². The van der Waals surface area contributed by atoms with Gasteiger partial charge in [0.1, 0.15) is 0 Å². The second-order valence-electron chi connectivity index (χ2n) is 3.24. The van der Waals surface area contributed by atoms with Crippen molar-refractivity contribution >= 4 is 0 Å². The topological polar surface area (TPSA) is 0 Å². The maximum Gasteiger partial charge on any atom is -0.0320 e. The fourth-order valence-electron chi connectivity index (χ4n) is 1.55. The van der Waals surface area contributed by atoms with Crippen molar-refractivity contribution in [2.45, 2.75) is 59.8 Å². The minimum atomic E-state index is 1.25. The van der Waals surface area contributed by atoms with Crippen LogP contribution in [0.5, 0.6) is 0 Å². The van der Waals surface area contributed by atoms with Crippen LogP contribution in [0.25, 0.3) is 0 Å². The van der Waals surface area contributed by atoms with E-state index in [2.05, 4.69) is 27.7 Å². The number of hydrogen-bond donors (Lipinski definition) is 0. The average Bonchev–Trinajstić information content (AvgIpc) is 2.00. The first-order valence-corrected chi connectivity index (χ1v) is 4.93. The first-order chi connectivity index (χ1) is 5.26. The number of hydrogen-bond acceptors (Lipinski definition) is 0. The molecular weight excluding hydrogens is 132 g/mol. The molecule has 0 heteroatoms. The largest absolute Gasteiger partial charge is 0.0741 e. The molecule has 0 aromatic carbocycles. The van der Waals surface area contributed by atoms with Crippen molar-refractivity contribution in [1.82, 2.24) is 0 Å². The zero-order valence-electron chi connectivity index (χ0n) is 8.54. The van der Waals surface area contributed by atoms with Gasteiger partial charge in [-0.05, 0) is 26.2 Å². The SMILES string of the molecule is CCCC(C)=C(CC)CCC. The Morgan fingerprint density at radius 2 is 1.45 bits per heavy atom. The van der Waals surface area contributed by atoms with Crippen LogP contribution in [-0.2, 0) is 0 Å². The fraction of sp³-hybridized carbons (Fsp3) is 0.818. The first kappa shape index (κ1) is 10.7. The van der Waals surface area contributed by atoms with Gasteiger partial charge in [-0.25, -0.2) is 0 Å². The van der Waals surface area contributed by atoms with Crippen LogP contribution in [0.1, 0.15) is 59.8 Å². The molecule has 0 fully saturated rings. The summed E-state index contributed by atoms with van der Waals surface area (Å²) in [4.78, 5) is 0. The molecule has 66 valence electrons. The van der Waals surface area contributed by atoms with Crippen molar-refractivity contribution < 1.29 is 0 Å². The zero-order chi connectivity index (χ0) is 8.69. The lowest BCUT2D eigenvalue weighted by Crippen LogP contribution is -1.87. The molecule has 0 aromatic heterocycles. The van der Waals surface area contributed by atoms with E-state index in [4.69, 9.17) is 0 Å². The van der Waals surface area contributed by atoms with Crippen LogP contribution in [0.3, 0.4) is 0 Å². The predicted molar refractivity (Wildman–Crippen MR) is 52.8 cm³/mol. The van der Waals surface area contributed by atoms with E-state index in [1.54, 1.807) is 11.1 Å². The molecule has 0 atom stereocenters. The lowest BCUT2D eigenvalue weighted by molar-refractivity contribution is 0.803. The molecule has 0 radical (unpaired) electrons. The molecule has 0 saturated carbocycles. The maximum atomic E-state index is 2.29. The molecule has 0 saturated heterocycles. The van der Waals surface area contributed by atoms with E-state index in [0.29, 0.717) is 0 Å². The Labute approximate surface area is 71.7 Å². The van der Waals surface area contributed by atoms with Crippen LogP contribution in [-0.4, -0.2) is 0 Å². The highest BCUT2D eigenvalue weighted by Crippen LogP contribution is 2.18. The zero-order valence-corrected chi connectivity index (χ0v) is 8.54. The van der Waals surface area contributed by atoms with E-state index >= 15 is 0 Å². The van der Waals surface area contributed by atoms with Gasteiger partial charge in [0.2, 0.25) is 0 Å². The van der Waals surface area contributed by atoms with Crippen molar-refractivity contribution in [3.05, 3.63) is 11.1 Å². The highest BCUT2D eigenvalue weighted by Gasteiger charge is 1.97. The van der Waals surface area contributed by atoms with E-state index in [-0.39, 0.29) is 0 Å². The molecule has 11 heavy (non-hydrogen) atoms. The van der Waals surface area contributed by atoms with Crippen LogP contribution in [0.2, 0.25) is 0 Å². The molecule has 0 rings (SSSR count). The van der Waals surface area contributed by atoms with Gasteiger partial charge in [0.15, 0.2) is 0 Å². The molecular formula is C11H22. The van der Waals surface area contributed by atoms with Crippen molar-refractivity contribution in [3.63, 3.8) is 0 Å². The van der Waals surface area contributed by atoms with Crippen LogP contribution in [0.4, 0.5) is 0 Å². The van der Waals surface area contributed by atoms with Crippen LogP contribution >= 0.6 is 0 Å². The van der Waals surface area contributed by atoms with Gasteiger partial charge in [0, 0.05) is 0 Å². The van der Waals surface area contributed by atoms with Crippen molar-refractivity contribution in [2.75, 3.05) is 0 Å². The number of rotatable bonds is 5. The predicted octanol–water partition coefficient (Wildman–Crippen LogP) is 4.31. The van der Waals surface area contributed by atoms with E-state index in [0.717, 1.165) is 0 Å². The van der Waals surface area contributed by atoms with Gasteiger partial charge in [0.05, 0.1) is 0 Å². The molecule has 0 amide bonds. The minimum absolute atomic E-state index is 1.25. The summed E-state index contributed by atoms with van der Waals surface area (Å²) in [5.74, 6) is 0. The lowest BCUT2D eigenvalue weighted by Gasteiger charge is -2.07. The molecule has 0 nitrogen and oxygen atoms in total. The van der Waals surface area contributed by atoms with Gasteiger partial charge in [-0.1, -0.05) is 44.8 Å². The lowest BCUT2D eigenvalue weighted by atomic mass is 9.99. The fourth-order valence-corrected chi connectivity index (χ4v) is 1.55. The van der Waals surface area contributed by atoms with Gasteiger partial charge >= 0.3 is 0 Å². The van der Waals surface area contributed by atoms with Crippen LogP contribution < -0.4 is 0 Å². The summed E-state index contributed by atoms with van der Waals surface area (Å²) in [5, 5.41) is 0. The third-order valence-electron chi connectivity index (χ3n) is 2.21. The third kappa shape index (κ3) is 4.23. The summed E-state index contributed by atoms with van der Waals surface area (Å²) in [6.07, 6.45) is 6.44. The summed E-state index contributed by atoms with van der Waals surface area (Å²) in [5.41, 5.74) is 3.33. The van der Waals surface area contributed by atoms with Crippen molar-refractivity contribution in [2.24, 2.45) is 0 Å². The van der Waals surface area contributed by atoms with Gasteiger partial charge in [-0.15, -0.1) is 0 Å². The summed E-state index contributed by atoms with van der Waals surface area (Å²) in [6, 6.07) is 0. The molecule has 0 spiro atoms. The second-order valence-corrected chi connectivity index (χ2v) is 3.24. The van der Waals surface area contributed by atoms with E-state index in [1.165, 1.54) is 32.1 Å². The van der Waals surface area contributed by atoms with E-state index in [1.807, 2.05) is 0 Å². The standard InChI is InChI=1S/C11H22/c1-5-8-10(4)11(7-3)9-6-2/h5-9H2,1-4H3. The molecule has 0 bridgehead atoms. The normalized spacial score (nSPS) is 13.1. The molecule has 0 aliphatic heterocycles. The molecule has 0 N–H and O–H groups in total. The van der Waals surface area contributed by atoms with Gasteiger partial charge in [0.25, 0.3) is 0 Å². The number of allylic oxidation sites excluding steroid dienone is 2. The smallest absolute Gasteiger partial charge is 0.0320 e. The highest BCUT2D eigenvalue weighted by atomic mass is 14.0. The highest BCUT2D eigenvalue weighted by molar-refractivity contribution is 5.11. The Balaban J connectivity index is 4.02. The Bertz CT molecular complexity index is 120. The molecule has 0 aliphatic carbocycles. The molecule has 0 unspecified atom stereocenters. The molecule has 0 aliphatic rings. The summed E-state index contributed by atoms with van der Waals surface area (Å²) in [7, 11) is 0. The average molecular weight is 154 g/mol. The quantitative estimate of drug-likeness (QED) is 0.517. The minimum Gasteiger partial charge on any atom is -0.0741 e. The van der Waals surface area contributed by atoms with Gasteiger partial charge in [-0.2, -0.15) is 0 Å². The first-order valence-electron chi connectivity index (χ1n) is 4.93. The van der Waals surface area contributed by atoms with Gasteiger partial charge in [-0.3, -0.25) is 0 Å². The second kappa shape index (κ2) is 6.45. The Hall–Kier alpha value is -0.260. The molecule has 0 heterocycles. The molecule has 0 aromatic rings. The van der Waals surface area contributed by atoms with Crippen molar-refractivity contribution in [1.29, 1.82) is 0 Å². The van der Waals surface area contributed by atoms with Crippen molar-refractivity contribution in [3.8, 4) is 0 Å².